The Morgan fingerprint density at radius 3 is 2.70 bits per heavy atom. The Labute approximate surface area is 200 Å². The van der Waals surface area contributed by atoms with Crippen molar-refractivity contribution >= 4 is 28.8 Å². The monoisotopic (exact) mass is 467 g/mol. The number of fused-ring (bicyclic) bond motifs is 1. The van der Waals surface area contributed by atoms with Crippen molar-refractivity contribution in [3.05, 3.63) is 57.3 Å². The van der Waals surface area contributed by atoms with Crippen LogP contribution in [0.4, 0.5) is 0 Å². The molecule has 3 heterocycles. The second-order valence-electron chi connectivity index (χ2n) is 9.07. The van der Waals surface area contributed by atoms with Gasteiger partial charge < -0.3 is 14.5 Å². The minimum absolute atomic E-state index is 0.138. The molecule has 1 saturated heterocycles. The molecule has 1 fully saturated rings. The van der Waals surface area contributed by atoms with E-state index in [9.17, 15) is 9.59 Å². The van der Waals surface area contributed by atoms with Crippen LogP contribution in [0.2, 0.25) is 0 Å². The largest absolute Gasteiger partial charge is 0.466 e. The lowest BCUT2D eigenvalue weighted by Gasteiger charge is -2.38. The van der Waals surface area contributed by atoms with Gasteiger partial charge in [0.1, 0.15) is 0 Å². The van der Waals surface area contributed by atoms with Gasteiger partial charge >= 0.3 is 5.97 Å². The molecule has 1 amide bonds. The van der Waals surface area contributed by atoms with Gasteiger partial charge in [0.25, 0.3) is 0 Å². The molecule has 176 valence electrons. The Morgan fingerprint density at radius 2 is 2.03 bits per heavy atom. The summed E-state index contributed by atoms with van der Waals surface area (Å²) in [6.45, 7) is 9.09. The smallest absolute Gasteiger partial charge is 0.338 e. The summed E-state index contributed by atoms with van der Waals surface area (Å²) in [5.41, 5.74) is 5.50. The van der Waals surface area contributed by atoms with Crippen LogP contribution in [0.1, 0.15) is 68.7 Å². The van der Waals surface area contributed by atoms with Crippen LogP contribution in [0.5, 0.6) is 0 Å². The molecule has 3 aliphatic heterocycles. The van der Waals surface area contributed by atoms with Gasteiger partial charge in [-0.15, -0.1) is 0 Å². The average molecular weight is 468 g/mol. The summed E-state index contributed by atoms with van der Waals surface area (Å²) in [5, 5.41) is 2.84. The fourth-order valence-electron chi connectivity index (χ4n) is 5.06. The standard InChI is InChI=1S/C26H33N3O3S/c1-6-21-23(25(31)32-5)24(20-11-10-16(2)13-17(20)3)29-19(15-33-26(29)27-21)14-22(30)28-12-8-7-9-18(28)4/h10-11,13,15,18,24H,6-9,12,14H2,1-5H3/t18-,24-/m0/s1. The number of piperidine rings is 1. The van der Waals surface area contributed by atoms with Gasteiger partial charge in [-0.05, 0) is 63.0 Å². The number of hydrogen-bond acceptors (Lipinski definition) is 6. The molecule has 4 rings (SSSR count). The average Bonchev–Trinajstić information content (AvgIpc) is 3.20. The van der Waals surface area contributed by atoms with Gasteiger partial charge in [0.05, 0.1) is 30.8 Å². The Balaban J connectivity index is 1.75. The predicted octanol–water partition coefficient (Wildman–Crippen LogP) is 5.23. The van der Waals surface area contributed by atoms with Crippen LogP contribution < -0.4 is 0 Å². The van der Waals surface area contributed by atoms with E-state index in [0.717, 1.165) is 47.1 Å². The number of allylic oxidation sites excluding steroid dienone is 1. The van der Waals surface area contributed by atoms with Gasteiger partial charge in [-0.3, -0.25) is 4.79 Å². The van der Waals surface area contributed by atoms with Crippen LogP contribution in [0.3, 0.4) is 0 Å². The lowest BCUT2D eigenvalue weighted by molar-refractivity contribution is -0.136. The van der Waals surface area contributed by atoms with Crippen molar-refractivity contribution in [2.45, 2.75) is 71.9 Å². The highest BCUT2D eigenvalue weighted by Gasteiger charge is 2.42. The zero-order valence-electron chi connectivity index (χ0n) is 20.2. The number of esters is 1. The number of hydrogen-bond donors (Lipinski definition) is 0. The molecule has 1 aromatic rings. The van der Waals surface area contributed by atoms with E-state index < -0.39 is 0 Å². The SMILES string of the molecule is CCC1=C(C(=O)OC)[C@H](c2ccc(C)cc2C)N2C(CC(=O)N3CCCC[C@@H]3C)=CSC2=N1. The van der Waals surface area contributed by atoms with Gasteiger partial charge in [0, 0.05) is 18.3 Å². The number of carbonyl (C=O) groups excluding carboxylic acids is 2. The summed E-state index contributed by atoms with van der Waals surface area (Å²) in [4.78, 5) is 35.2. The van der Waals surface area contributed by atoms with Gasteiger partial charge in [0.15, 0.2) is 5.17 Å². The van der Waals surface area contributed by atoms with Gasteiger partial charge in [-0.1, -0.05) is 42.4 Å². The second kappa shape index (κ2) is 9.75. The Kier molecular flexibility index (Phi) is 6.98. The van der Waals surface area contributed by atoms with Crippen LogP contribution in [-0.4, -0.2) is 46.5 Å². The highest BCUT2D eigenvalue weighted by atomic mass is 32.2. The number of rotatable bonds is 5. The van der Waals surface area contributed by atoms with Crippen molar-refractivity contribution in [2.75, 3.05) is 13.7 Å². The normalized spacial score (nSPS) is 22.7. The van der Waals surface area contributed by atoms with E-state index in [-0.39, 0.29) is 24.0 Å². The van der Waals surface area contributed by atoms with Gasteiger partial charge in [-0.25, -0.2) is 9.79 Å². The molecule has 0 spiro atoms. The zero-order valence-corrected chi connectivity index (χ0v) is 21.0. The summed E-state index contributed by atoms with van der Waals surface area (Å²) in [6, 6.07) is 6.19. The fraction of sp³-hybridized carbons (Fsp3) is 0.500. The van der Waals surface area contributed by atoms with E-state index in [1.54, 1.807) is 0 Å². The molecule has 0 N–H and O–H groups in total. The summed E-state index contributed by atoms with van der Waals surface area (Å²) in [7, 11) is 1.41. The Bertz CT molecular complexity index is 1060. The molecule has 6 nitrogen and oxygen atoms in total. The lowest BCUT2D eigenvalue weighted by Crippen LogP contribution is -2.43. The summed E-state index contributed by atoms with van der Waals surface area (Å²) < 4.78 is 5.22. The minimum atomic E-state index is -0.369. The number of aliphatic imine (C=N–C) groups is 1. The highest BCUT2D eigenvalue weighted by molar-refractivity contribution is 8.16. The maximum Gasteiger partial charge on any atom is 0.338 e. The maximum atomic E-state index is 13.3. The summed E-state index contributed by atoms with van der Waals surface area (Å²) in [5.74, 6) is -0.230. The number of thioether (sulfide) groups is 1. The van der Waals surface area contributed by atoms with Crippen molar-refractivity contribution in [2.24, 2.45) is 4.99 Å². The number of amidine groups is 1. The van der Waals surface area contributed by atoms with Gasteiger partial charge in [-0.2, -0.15) is 0 Å². The Morgan fingerprint density at radius 1 is 1.24 bits per heavy atom. The predicted molar refractivity (Wildman–Crippen MR) is 133 cm³/mol. The molecule has 0 saturated carbocycles. The van der Waals surface area contributed by atoms with E-state index in [1.807, 2.05) is 17.2 Å². The molecular formula is C26H33N3O3S. The Hall–Kier alpha value is -2.54. The van der Waals surface area contributed by atoms with E-state index in [1.165, 1.54) is 30.9 Å². The molecule has 0 aliphatic carbocycles. The fourth-order valence-corrected chi connectivity index (χ4v) is 6.00. The molecule has 7 heteroatoms. The zero-order chi connectivity index (χ0) is 23.7. The quantitative estimate of drug-likeness (QED) is 0.555. The molecular weight excluding hydrogens is 434 g/mol. The molecule has 33 heavy (non-hydrogen) atoms. The highest BCUT2D eigenvalue weighted by Crippen LogP contribution is 2.46. The third kappa shape index (κ3) is 4.47. The van der Waals surface area contributed by atoms with Crippen LogP contribution in [-0.2, 0) is 14.3 Å². The summed E-state index contributed by atoms with van der Waals surface area (Å²) in [6.07, 6.45) is 4.21. The van der Waals surface area contributed by atoms with Crippen LogP contribution in [0.25, 0.3) is 0 Å². The van der Waals surface area contributed by atoms with Crippen LogP contribution in [0.15, 0.2) is 45.6 Å². The molecule has 0 unspecified atom stereocenters. The number of carbonyl (C=O) groups is 2. The first-order chi connectivity index (χ1) is 15.8. The molecule has 2 atom stereocenters. The van der Waals surface area contributed by atoms with Crippen LogP contribution >= 0.6 is 11.8 Å². The third-order valence-electron chi connectivity index (χ3n) is 6.80. The van der Waals surface area contributed by atoms with Crippen molar-refractivity contribution in [1.82, 2.24) is 9.80 Å². The topological polar surface area (TPSA) is 62.2 Å². The van der Waals surface area contributed by atoms with Crippen molar-refractivity contribution in [3.8, 4) is 0 Å². The first-order valence-electron chi connectivity index (χ1n) is 11.8. The number of benzene rings is 1. The lowest BCUT2D eigenvalue weighted by atomic mass is 9.89. The van der Waals surface area contributed by atoms with Crippen molar-refractivity contribution in [1.29, 1.82) is 0 Å². The first kappa shape index (κ1) is 23.6. The van der Waals surface area contributed by atoms with E-state index in [0.29, 0.717) is 18.4 Å². The number of nitrogens with zero attached hydrogens (tertiary/aromatic N) is 3. The van der Waals surface area contributed by atoms with E-state index in [2.05, 4.69) is 43.9 Å². The van der Waals surface area contributed by atoms with Crippen LogP contribution in [0, 0.1) is 13.8 Å². The number of aryl methyl sites for hydroxylation is 2. The number of ether oxygens (including phenoxy) is 1. The minimum Gasteiger partial charge on any atom is -0.466 e. The number of methoxy groups -OCH3 is 1. The molecule has 0 bridgehead atoms. The molecule has 0 radical (unpaired) electrons. The third-order valence-corrected chi connectivity index (χ3v) is 7.69. The number of likely N-dealkylation sites (tertiary alicyclic amines) is 1. The molecule has 1 aromatic carbocycles. The number of amides is 1. The van der Waals surface area contributed by atoms with E-state index >= 15 is 0 Å². The summed E-state index contributed by atoms with van der Waals surface area (Å²) >= 11 is 1.53. The molecule has 3 aliphatic rings. The van der Waals surface area contributed by atoms with E-state index in [4.69, 9.17) is 9.73 Å². The maximum absolute atomic E-state index is 13.3. The van der Waals surface area contributed by atoms with Gasteiger partial charge in [0.2, 0.25) is 5.91 Å². The molecule has 0 aromatic heterocycles. The second-order valence-corrected chi connectivity index (χ2v) is 9.90. The first-order valence-corrected chi connectivity index (χ1v) is 12.6. The van der Waals surface area contributed by atoms with Crippen molar-refractivity contribution in [3.63, 3.8) is 0 Å². The van der Waals surface area contributed by atoms with Crippen molar-refractivity contribution < 1.29 is 14.3 Å².